The van der Waals surface area contributed by atoms with Crippen molar-refractivity contribution in [1.29, 1.82) is 0 Å². The Balaban J connectivity index is 2.13. The topological polar surface area (TPSA) is 74.6 Å². The zero-order chi connectivity index (χ0) is 17.3. The lowest BCUT2D eigenvalue weighted by molar-refractivity contribution is 0.0523. The zero-order valence-corrected chi connectivity index (χ0v) is 13.6. The van der Waals surface area contributed by atoms with Gasteiger partial charge in [-0.05, 0) is 37.3 Å². The van der Waals surface area contributed by atoms with Crippen LogP contribution in [0, 0.1) is 0 Å². The number of fused-ring (bicyclic) bond motifs is 1. The van der Waals surface area contributed by atoms with E-state index in [2.05, 4.69) is 0 Å². The number of benzene rings is 1. The van der Waals surface area contributed by atoms with E-state index in [9.17, 15) is 14.4 Å². The minimum absolute atomic E-state index is 0.136. The number of halogens is 1. The maximum Gasteiger partial charge on any atom is 0.343 e. The minimum atomic E-state index is -0.755. The second kappa shape index (κ2) is 6.49. The molecule has 24 heavy (non-hydrogen) atoms. The van der Waals surface area contributed by atoms with Crippen molar-refractivity contribution >= 4 is 23.4 Å². The van der Waals surface area contributed by atoms with Crippen LogP contribution in [0.5, 0.6) is 5.88 Å². The molecule has 0 saturated carbocycles. The molecular weight excluding hydrogens is 334 g/mol. The Hall–Kier alpha value is -2.60. The van der Waals surface area contributed by atoms with Crippen LogP contribution in [0.25, 0.3) is 0 Å². The first kappa shape index (κ1) is 16.3. The van der Waals surface area contributed by atoms with Gasteiger partial charge in [-0.2, -0.15) is 0 Å². The number of ether oxygens (including phenoxy) is 2. The summed E-state index contributed by atoms with van der Waals surface area (Å²) in [5, 5.41) is 0.504. The van der Waals surface area contributed by atoms with Gasteiger partial charge in [-0.25, -0.2) is 4.79 Å². The average Bonchev–Trinajstić information content (AvgIpc) is 3.06. The maximum atomic E-state index is 12.8. The summed E-state index contributed by atoms with van der Waals surface area (Å²) in [5.74, 6) is -0.939. The Kier molecular flexibility index (Phi) is 4.40. The van der Waals surface area contributed by atoms with Crippen molar-refractivity contribution in [2.45, 2.75) is 13.5 Å². The van der Waals surface area contributed by atoms with Crippen molar-refractivity contribution in [2.75, 3.05) is 13.2 Å². The Morgan fingerprint density at radius 3 is 2.62 bits per heavy atom. The van der Waals surface area contributed by atoms with Gasteiger partial charge in [-0.15, -0.1) is 0 Å². The van der Waals surface area contributed by atoms with Gasteiger partial charge in [-0.1, -0.05) is 11.6 Å². The van der Waals surface area contributed by atoms with Gasteiger partial charge in [0, 0.05) is 10.6 Å². The molecule has 0 amide bonds. The fourth-order valence-corrected chi connectivity index (χ4v) is 2.64. The fourth-order valence-electron chi connectivity index (χ4n) is 2.52. The van der Waals surface area contributed by atoms with Crippen molar-refractivity contribution in [1.82, 2.24) is 4.57 Å². The van der Waals surface area contributed by atoms with E-state index in [0.29, 0.717) is 10.6 Å². The molecule has 0 fully saturated rings. The molecule has 1 aromatic carbocycles. The molecule has 0 aliphatic carbocycles. The summed E-state index contributed by atoms with van der Waals surface area (Å²) < 4.78 is 11.6. The number of hydrogen-bond donors (Lipinski definition) is 0. The molecule has 6 nitrogen and oxygen atoms in total. The summed E-state index contributed by atoms with van der Waals surface area (Å²) in [4.78, 5) is 37.2. The normalized spacial score (nSPS) is 12.4. The summed E-state index contributed by atoms with van der Waals surface area (Å²) in [6.45, 7) is 2.33. The van der Waals surface area contributed by atoms with E-state index in [4.69, 9.17) is 21.1 Å². The SMILES string of the molecule is CCOC(=O)c1cc(C(=O)c2ccc(Cl)cc2)c2n(c1=O)CCO2. The van der Waals surface area contributed by atoms with Crippen molar-refractivity contribution in [3.8, 4) is 5.88 Å². The highest BCUT2D eigenvalue weighted by Crippen LogP contribution is 2.25. The highest BCUT2D eigenvalue weighted by molar-refractivity contribution is 6.30. The second-order valence-electron chi connectivity index (χ2n) is 5.14. The summed E-state index contributed by atoms with van der Waals surface area (Å²) in [5.41, 5.74) is -0.166. The summed E-state index contributed by atoms with van der Waals surface area (Å²) in [6.07, 6.45) is 0. The maximum absolute atomic E-state index is 12.8. The van der Waals surface area contributed by atoms with Gasteiger partial charge in [0.05, 0.1) is 18.7 Å². The van der Waals surface area contributed by atoms with Crippen LogP contribution in [0.4, 0.5) is 0 Å². The van der Waals surface area contributed by atoms with Gasteiger partial charge >= 0.3 is 5.97 Å². The Bertz CT molecular complexity index is 870. The first-order valence-electron chi connectivity index (χ1n) is 7.41. The molecule has 0 N–H and O–H groups in total. The molecule has 0 spiro atoms. The number of pyridine rings is 1. The van der Waals surface area contributed by atoms with Crippen molar-refractivity contribution in [2.24, 2.45) is 0 Å². The third kappa shape index (κ3) is 2.80. The van der Waals surface area contributed by atoms with Crippen LogP contribution in [-0.4, -0.2) is 29.5 Å². The van der Waals surface area contributed by atoms with Crippen molar-refractivity contribution in [3.63, 3.8) is 0 Å². The third-order valence-corrected chi connectivity index (χ3v) is 3.89. The van der Waals surface area contributed by atoms with Gasteiger partial charge in [0.25, 0.3) is 5.56 Å². The molecule has 7 heteroatoms. The van der Waals surface area contributed by atoms with Gasteiger partial charge in [-0.3, -0.25) is 14.2 Å². The number of esters is 1. The van der Waals surface area contributed by atoms with Gasteiger partial charge in [0.15, 0.2) is 5.78 Å². The summed E-state index contributed by atoms with van der Waals surface area (Å²) in [6, 6.07) is 7.58. The number of aromatic nitrogens is 1. The fraction of sp³-hybridized carbons (Fsp3) is 0.235. The number of hydrogen-bond acceptors (Lipinski definition) is 5. The largest absolute Gasteiger partial charge is 0.476 e. The smallest absolute Gasteiger partial charge is 0.343 e. The average molecular weight is 348 g/mol. The standard InChI is InChI=1S/C17H14ClNO5/c1-2-23-17(22)13-9-12(16-19(15(13)21)7-8-24-16)14(20)10-3-5-11(18)6-4-10/h3-6,9H,2,7-8H2,1H3. The Labute approximate surface area is 142 Å². The number of ketones is 1. The quantitative estimate of drug-likeness (QED) is 0.626. The van der Waals surface area contributed by atoms with E-state index in [-0.39, 0.29) is 42.5 Å². The molecule has 0 bridgehead atoms. The monoisotopic (exact) mass is 347 g/mol. The molecule has 2 aromatic rings. The number of carbonyl (C=O) groups is 2. The van der Waals surface area contributed by atoms with E-state index < -0.39 is 11.5 Å². The van der Waals surface area contributed by atoms with E-state index >= 15 is 0 Å². The van der Waals surface area contributed by atoms with Crippen LogP contribution >= 0.6 is 11.6 Å². The third-order valence-electron chi connectivity index (χ3n) is 3.64. The summed E-state index contributed by atoms with van der Waals surface area (Å²) in [7, 11) is 0. The predicted molar refractivity (Wildman–Crippen MR) is 87.0 cm³/mol. The molecule has 1 aliphatic rings. The second-order valence-corrected chi connectivity index (χ2v) is 5.58. The lowest BCUT2D eigenvalue weighted by Crippen LogP contribution is -2.27. The first-order valence-corrected chi connectivity index (χ1v) is 7.78. The van der Waals surface area contributed by atoms with Crippen LogP contribution in [0.2, 0.25) is 5.02 Å². The first-order chi connectivity index (χ1) is 11.5. The Morgan fingerprint density at radius 2 is 1.96 bits per heavy atom. The van der Waals surface area contributed by atoms with Crippen LogP contribution in [0.3, 0.4) is 0 Å². The molecule has 1 aliphatic heterocycles. The molecule has 0 unspecified atom stereocenters. The van der Waals surface area contributed by atoms with Crippen molar-refractivity contribution < 1.29 is 19.1 Å². The van der Waals surface area contributed by atoms with Crippen molar-refractivity contribution in [3.05, 3.63) is 62.4 Å². The predicted octanol–water partition coefficient (Wildman–Crippen LogP) is 2.30. The van der Waals surface area contributed by atoms with Crippen LogP contribution in [-0.2, 0) is 11.3 Å². The Morgan fingerprint density at radius 1 is 1.25 bits per heavy atom. The molecule has 124 valence electrons. The molecule has 2 heterocycles. The van der Waals surface area contributed by atoms with Crippen LogP contribution in [0.15, 0.2) is 35.1 Å². The van der Waals surface area contributed by atoms with E-state index in [1.807, 2.05) is 0 Å². The highest BCUT2D eigenvalue weighted by atomic mass is 35.5. The van der Waals surface area contributed by atoms with E-state index in [1.165, 1.54) is 10.6 Å². The lowest BCUT2D eigenvalue weighted by atomic mass is 10.0. The van der Waals surface area contributed by atoms with Gasteiger partial charge in [0.2, 0.25) is 5.88 Å². The molecule has 0 atom stereocenters. The molecule has 3 rings (SSSR count). The van der Waals surface area contributed by atoms with Gasteiger partial charge < -0.3 is 9.47 Å². The minimum Gasteiger partial charge on any atom is -0.476 e. The van der Waals surface area contributed by atoms with Crippen LogP contribution < -0.4 is 10.3 Å². The summed E-state index contributed by atoms with van der Waals surface area (Å²) >= 11 is 5.84. The molecule has 0 radical (unpaired) electrons. The van der Waals surface area contributed by atoms with E-state index in [0.717, 1.165) is 0 Å². The zero-order valence-electron chi connectivity index (χ0n) is 12.9. The van der Waals surface area contributed by atoms with Gasteiger partial charge in [0.1, 0.15) is 12.2 Å². The lowest BCUT2D eigenvalue weighted by Gasteiger charge is -2.10. The van der Waals surface area contributed by atoms with Crippen LogP contribution in [0.1, 0.15) is 33.2 Å². The highest BCUT2D eigenvalue weighted by Gasteiger charge is 2.28. The molecule has 0 saturated heterocycles. The molecule has 1 aromatic heterocycles. The number of carbonyl (C=O) groups excluding carboxylic acids is 2. The number of nitrogens with zero attached hydrogens (tertiary/aromatic N) is 1. The molecular formula is C17H14ClNO5. The number of rotatable bonds is 4. The van der Waals surface area contributed by atoms with E-state index in [1.54, 1.807) is 31.2 Å².